The summed E-state index contributed by atoms with van der Waals surface area (Å²) in [5, 5.41) is 4.81. The van der Waals surface area contributed by atoms with Gasteiger partial charge in [0.15, 0.2) is 0 Å². The van der Waals surface area contributed by atoms with Crippen molar-refractivity contribution < 1.29 is 4.74 Å². The van der Waals surface area contributed by atoms with E-state index < -0.39 is 0 Å². The number of aromatic nitrogens is 1. The first-order valence-corrected chi connectivity index (χ1v) is 6.01. The molecule has 0 saturated carbocycles. The Morgan fingerprint density at radius 3 is 2.82 bits per heavy atom. The Morgan fingerprint density at radius 1 is 1.29 bits per heavy atom. The van der Waals surface area contributed by atoms with E-state index in [1.807, 2.05) is 18.2 Å². The first-order valence-electron chi connectivity index (χ1n) is 5.63. The van der Waals surface area contributed by atoms with Gasteiger partial charge in [-0.2, -0.15) is 0 Å². The molecule has 0 aliphatic rings. The number of hydrogen-bond donors (Lipinski definition) is 1. The van der Waals surface area contributed by atoms with Gasteiger partial charge < -0.3 is 10.1 Å². The number of nitrogens with one attached hydrogen (secondary N) is 1. The molecule has 1 N–H and O–H groups in total. The third-order valence-corrected chi connectivity index (χ3v) is 2.85. The second-order valence-electron chi connectivity index (χ2n) is 3.77. The third-order valence-electron chi connectivity index (χ3n) is 2.54. The molecule has 0 unspecified atom stereocenters. The molecular weight excluding hydrogens is 236 g/mol. The molecule has 17 heavy (non-hydrogen) atoms. The highest BCUT2D eigenvalue weighted by atomic mass is 35.5. The van der Waals surface area contributed by atoms with Crippen molar-refractivity contribution in [2.45, 2.75) is 13.3 Å². The van der Waals surface area contributed by atoms with Crippen LogP contribution in [0, 0.1) is 0 Å². The average Bonchev–Trinajstić information content (AvgIpc) is 2.37. The molecule has 1 heterocycles. The minimum Gasteiger partial charge on any atom is -0.496 e. The second kappa shape index (κ2) is 5.23. The lowest BCUT2D eigenvalue weighted by atomic mass is 10.2. The predicted octanol–water partition coefficient (Wildman–Crippen LogP) is 3.72. The Morgan fingerprint density at radius 2 is 2.12 bits per heavy atom. The minimum atomic E-state index is 0.640. The number of benzene rings is 1. The molecule has 2 aromatic rings. The van der Waals surface area contributed by atoms with Crippen molar-refractivity contribution >= 4 is 28.3 Å². The van der Waals surface area contributed by atoms with E-state index in [1.54, 1.807) is 13.2 Å². The Kier molecular flexibility index (Phi) is 3.69. The maximum absolute atomic E-state index is 6.15. The van der Waals surface area contributed by atoms with Crippen LogP contribution in [0.4, 0.5) is 5.82 Å². The van der Waals surface area contributed by atoms with Crippen molar-refractivity contribution in [2.24, 2.45) is 0 Å². The van der Waals surface area contributed by atoms with Gasteiger partial charge >= 0.3 is 0 Å². The normalized spacial score (nSPS) is 10.5. The number of fused-ring (bicyclic) bond motifs is 1. The van der Waals surface area contributed by atoms with Gasteiger partial charge in [0, 0.05) is 11.9 Å². The molecule has 0 atom stereocenters. The lowest BCUT2D eigenvalue weighted by molar-refractivity contribution is 0.420. The van der Waals surface area contributed by atoms with Crippen molar-refractivity contribution in [3.8, 4) is 5.75 Å². The summed E-state index contributed by atoms with van der Waals surface area (Å²) in [7, 11) is 1.64. The molecule has 0 aliphatic carbocycles. The quantitative estimate of drug-likeness (QED) is 0.898. The summed E-state index contributed by atoms with van der Waals surface area (Å²) in [6.45, 7) is 3.02. The monoisotopic (exact) mass is 250 g/mol. The topological polar surface area (TPSA) is 34.1 Å². The number of methoxy groups -OCH3 is 1. The molecule has 0 radical (unpaired) electrons. The van der Waals surface area contributed by atoms with Crippen LogP contribution in [-0.4, -0.2) is 18.6 Å². The summed E-state index contributed by atoms with van der Waals surface area (Å²) < 4.78 is 5.28. The number of ether oxygens (including phenoxy) is 1. The fraction of sp³-hybridized carbons (Fsp3) is 0.308. The molecule has 0 saturated heterocycles. The zero-order chi connectivity index (χ0) is 12.3. The summed E-state index contributed by atoms with van der Waals surface area (Å²) in [5.41, 5.74) is 0.770. The second-order valence-corrected chi connectivity index (χ2v) is 4.18. The van der Waals surface area contributed by atoms with Crippen LogP contribution >= 0.6 is 11.6 Å². The molecular formula is C13H15ClN2O. The smallest absolute Gasteiger partial charge is 0.128 e. The maximum Gasteiger partial charge on any atom is 0.128 e. The van der Waals surface area contributed by atoms with E-state index in [-0.39, 0.29) is 0 Å². The largest absolute Gasteiger partial charge is 0.496 e. The lowest BCUT2D eigenvalue weighted by Crippen LogP contribution is -2.01. The third kappa shape index (κ3) is 2.44. The Bertz CT molecular complexity index is 528. The molecule has 90 valence electrons. The number of pyridine rings is 1. The first kappa shape index (κ1) is 12.0. The van der Waals surface area contributed by atoms with E-state index in [4.69, 9.17) is 16.3 Å². The first-order chi connectivity index (χ1) is 8.26. The van der Waals surface area contributed by atoms with Crippen molar-refractivity contribution in [1.82, 2.24) is 4.98 Å². The van der Waals surface area contributed by atoms with Gasteiger partial charge in [-0.25, -0.2) is 4.98 Å². The van der Waals surface area contributed by atoms with Gasteiger partial charge in [-0.3, -0.25) is 0 Å². The van der Waals surface area contributed by atoms with Crippen LogP contribution in [0.5, 0.6) is 5.75 Å². The zero-order valence-electron chi connectivity index (χ0n) is 9.96. The van der Waals surface area contributed by atoms with Gasteiger partial charge in [-0.15, -0.1) is 0 Å². The van der Waals surface area contributed by atoms with Crippen LogP contribution in [-0.2, 0) is 0 Å². The van der Waals surface area contributed by atoms with Crippen molar-refractivity contribution in [2.75, 3.05) is 19.0 Å². The molecule has 0 bridgehead atoms. The van der Waals surface area contributed by atoms with Crippen LogP contribution in [0.3, 0.4) is 0 Å². The Labute approximate surface area is 106 Å². The van der Waals surface area contributed by atoms with Crippen LogP contribution in [0.15, 0.2) is 24.3 Å². The van der Waals surface area contributed by atoms with Gasteiger partial charge in [0.1, 0.15) is 11.6 Å². The molecule has 1 aromatic heterocycles. The van der Waals surface area contributed by atoms with Crippen LogP contribution in [0.1, 0.15) is 13.3 Å². The summed E-state index contributed by atoms with van der Waals surface area (Å²) in [6.07, 6.45) is 1.06. The van der Waals surface area contributed by atoms with Gasteiger partial charge in [-0.05, 0) is 30.7 Å². The minimum absolute atomic E-state index is 0.640. The molecule has 0 aliphatic heterocycles. The SMILES string of the molecule is CCCNc1ccc2c(OC)ccc(Cl)c2n1. The summed E-state index contributed by atoms with van der Waals surface area (Å²) in [4.78, 5) is 4.50. The zero-order valence-corrected chi connectivity index (χ0v) is 10.7. The standard InChI is InChI=1S/C13H15ClN2O/c1-3-8-15-12-7-4-9-11(17-2)6-5-10(14)13(9)16-12/h4-7H,3,8H2,1-2H3,(H,15,16). The van der Waals surface area contributed by atoms with Crippen LogP contribution < -0.4 is 10.1 Å². The van der Waals surface area contributed by atoms with Crippen molar-refractivity contribution in [3.05, 3.63) is 29.3 Å². The molecule has 2 rings (SSSR count). The molecule has 4 heteroatoms. The molecule has 0 amide bonds. The summed E-state index contributed by atoms with van der Waals surface area (Å²) in [5.74, 6) is 1.63. The van der Waals surface area contributed by atoms with E-state index >= 15 is 0 Å². The summed E-state index contributed by atoms with van der Waals surface area (Å²) >= 11 is 6.15. The van der Waals surface area contributed by atoms with Gasteiger partial charge in [0.05, 0.1) is 17.6 Å². The van der Waals surface area contributed by atoms with E-state index in [2.05, 4.69) is 17.2 Å². The number of anilines is 1. The highest BCUT2D eigenvalue weighted by Gasteiger charge is 2.07. The highest BCUT2D eigenvalue weighted by Crippen LogP contribution is 2.30. The number of halogens is 1. The van der Waals surface area contributed by atoms with Crippen molar-refractivity contribution in [3.63, 3.8) is 0 Å². The number of nitrogens with zero attached hydrogens (tertiary/aromatic N) is 1. The average molecular weight is 251 g/mol. The number of hydrogen-bond acceptors (Lipinski definition) is 3. The Balaban J connectivity index is 2.49. The van der Waals surface area contributed by atoms with Crippen LogP contribution in [0.2, 0.25) is 5.02 Å². The van der Waals surface area contributed by atoms with E-state index in [0.717, 1.165) is 35.4 Å². The van der Waals surface area contributed by atoms with E-state index in [0.29, 0.717) is 5.02 Å². The molecule has 0 spiro atoms. The van der Waals surface area contributed by atoms with Crippen molar-refractivity contribution in [1.29, 1.82) is 0 Å². The van der Waals surface area contributed by atoms with Gasteiger partial charge in [0.25, 0.3) is 0 Å². The van der Waals surface area contributed by atoms with Gasteiger partial charge in [-0.1, -0.05) is 18.5 Å². The number of rotatable bonds is 4. The fourth-order valence-corrected chi connectivity index (χ4v) is 1.89. The fourth-order valence-electron chi connectivity index (χ4n) is 1.69. The molecule has 0 fully saturated rings. The lowest BCUT2D eigenvalue weighted by Gasteiger charge is -2.09. The molecule has 3 nitrogen and oxygen atoms in total. The predicted molar refractivity (Wildman–Crippen MR) is 72.1 cm³/mol. The van der Waals surface area contributed by atoms with E-state index in [9.17, 15) is 0 Å². The Hall–Kier alpha value is -1.48. The summed E-state index contributed by atoms with van der Waals surface area (Å²) in [6, 6.07) is 7.58. The van der Waals surface area contributed by atoms with Gasteiger partial charge in [0.2, 0.25) is 0 Å². The maximum atomic E-state index is 6.15. The highest BCUT2D eigenvalue weighted by molar-refractivity contribution is 6.35. The van der Waals surface area contributed by atoms with E-state index in [1.165, 1.54) is 0 Å². The van der Waals surface area contributed by atoms with Crippen LogP contribution in [0.25, 0.3) is 10.9 Å². The molecule has 1 aromatic carbocycles.